The third-order valence-electron chi connectivity index (χ3n) is 5.16. The third kappa shape index (κ3) is 3.66. The van der Waals surface area contributed by atoms with E-state index in [2.05, 4.69) is 31.0 Å². The highest BCUT2D eigenvalue weighted by atomic mass is 16.5. The Hall–Kier alpha value is -3.60. The lowest BCUT2D eigenvalue weighted by molar-refractivity contribution is 0.0697. The molecule has 152 valence electrons. The fraction of sp³-hybridized carbons (Fsp3) is 0.200. The Kier molecular flexibility index (Phi) is 5.27. The van der Waals surface area contributed by atoms with E-state index in [-0.39, 0.29) is 5.56 Å². The van der Waals surface area contributed by atoms with Gasteiger partial charge in [0.15, 0.2) is 0 Å². The molecule has 5 nitrogen and oxygen atoms in total. The largest absolute Gasteiger partial charge is 0.493 e. The van der Waals surface area contributed by atoms with Gasteiger partial charge in [-0.1, -0.05) is 38.1 Å². The van der Waals surface area contributed by atoms with Gasteiger partial charge in [0, 0.05) is 17.1 Å². The number of nitrogens with zero attached hydrogens (tertiary/aromatic N) is 1. The van der Waals surface area contributed by atoms with E-state index in [0.717, 1.165) is 39.3 Å². The molecule has 0 fully saturated rings. The van der Waals surface area contributed by atoms with E-state index >= 15 is 0 Å². The SMILES string of the molecule is CCOc1cc(-c2ccc(-c3ccc(C(=O)O)cc3)[nH]2)nc2c(C(C)C)cccc12. The Balaban J connectivity index is 1.80. The third-order valence-corrected chi connectivity index (χ3v) is 5.16. The molecular formula is C25H24N2O3. The maximum absolute atomic E-state index is 11.1. The number of nitrogens with one attached hydrogen (secondary N) is 1. The Morgan fingerprint density at radius 1 is 1.07 bits per heavy atom. The van der Waals surface area contributed by atoms with Gasteiger partial charge in [0.2, 0.25) is 0 Å². The molecule has 2 aromatic heterocycles. The molecule has 0 aliphatic rings. The smallest absolute Gasteiger partial charge is 0.335 e. The molecule has 0 saturated heterocycles. The van der Waals surface area contributed by atoms with Crippen molar-refractivity contribution in [3.05, 3.63) is 71.8 Å². The number of pyridine rings is 1. The van der Waals surface area contributed by atoms with E-state index in [1.807, 2.05) is 31.2 Å². The molecule has 0 spiro atoms. The van der Waals surface area contributed by atoms with Crippen LogP contribution in [0, 0.1) is 0 Å². The van der Waals surface area contributed by atoms with Crippen molar-refractivity contribution in [2.45, 2.75) is 26.7 Å². The second-order valence-electron chi connectivity index (χ2n) is 7.50. The molecule has 0 aliphatic heterocycles. The molecule has 0 amide bonds. The number of carboxylic acid groups (broad SMARTS) is 1. The zero-order valence-electron chi connectivity index (χ0n) is 17.3. The Morgan fingerprint density at radius 3 is 2.47 bits per heavy atom. The van der Waals surface area contributed by atoms with Crippen LogP contribution in [0.2, 0.25) is 0 Å². The molecule has 30 heavy (non-hydrogen) atoms. The Bertz CT molecular complexity index is 1210. The summed E-state index contributed by atoms with van der Waals surface area (Å²) in [6.45, 7) is 6.89. The van der Waals surface area contributed by atoms with Crippen LogP contribution in [0.5, 0.6) is 5.75 Å². The van der Waals surface area contributed by atoms with Crippen molar-refractivity contribution in [1.82, 2.24) is 9.97 Å². The predicted molar refractivity (Wildman–Crippen MR) is 119 cm³/mol. The van der Waals surface area contributed by atoms with Crippen LogP contribution in [0.4, 0.5) is 0 Å². The van der Waals surface area contributed by atoms with Gasteiger partial charge in [-0.2, -0.15) is 0 Å². The number of benzene rings is 2. The molecule has 0 unspecified atom stereocenters. The predicted octanol–water partition coefficient (Wildman–Crippen LogP) is 6.12. The second kappa shape index (κ2) is 8.03. The van der Waals surface area contributed by atoms with Crippen molar-refractivity contribution in [3.8, 4) is 28.4 Å². The number of fused-ring (bicyclic) bond motifs is 1. The van der Waals surface area contributed by atoms with Gasteiger partial charge in [-0.25, -0.2) is 9.78 Å². The molecule has 5 heteroatoms. The molecule has 0 radical (unpaired) electrons. The number of hydrogen-bond acceptors (Lipinski definition) is 3. The van der Waals surface area contributed by atoms with Gasteiger partial charge in [0.25, 0.3) is 0 Å². The number of aromatic amines is 1. The van der Waals surface area contributed by atoms with Gasteiger partial charge in [0.05, 0.1) is 29.1 Å². The first kappa shape index (κ1) is 19.7. The van der Waals surface area contributed by atoms with E-state index in [4.69, 9.17) is 14.8 Å². The summed E-state index contributed by atoms with van der Waals surface area (Å²) in [5.74, 6) is 0.235. The highest BCUT2D eigenvalue weighted by Crippen LogP contribution is 2.34. The monoisotopic (exact) mass is 400 g/mol. The van der Waals surface area contributed by atoms with Crippen LogP contribution < -0.4 is 4.74 Å². The Labute approximate surface area is 175 Å². The summed E-state index contributed by atoms with van der Waals surface area (Å²) in [4.78, 5) is 19.5. The first-order chi connectivity index (χ1) is 14.5. The topological polar surface area (TPSA) is 75.2 Å². The first-order valence-electron chi connectivity index (χ1n) is 10.1. The molecule has 2 N–H and O–H groups in total. The van der Waals surface area contributed by atoms with Crippen molar-refractivity contribution in [2.24, 2.45) is 0 Å². The van der Waals surface area contributed by atoms with E-state index in [1.54, 1.807) is 24.3 Å². The normalized spacial score (nSPS) is 11.2. The van der Waals surface area contributed by atoms with Crippen LogP contribution in [0.1, 0.15) is 42.6 Å². The van der Waals surface area contributed by atoms with E-state index in [9.17, 15) is 4.79 Å². The van der Waals surface area contributed by atoms with E-state index in [0.29, 0.717) is 12.5 Å². The summed E-state index contributed by atoms with van der Waals surface area (Å²) in [6, 6.07) is 19.0. The number of hydrogen-bond donors (Lipinski definition) is 2. The molecule has 0 atom stereocenters. The number of para-hydroxylation sites is 1. The number of rotatable bonds is 6. The zero-order valence-corrected chi connectivity index (χ0v) is 17.3. The van der Waals surface area contributed by atoms with Gasteiger partial charge in [-0.3, -0.25) is 0 Å². The minimum Gasteiger partial charge on any atom is -0.493 e. The lowest BCUT2D eigenvalue weighted by Gasteiger charge is -2.14. The average molecular weight is 400 g/mol. The summed E-state index contributed by atoms with van der Waals surface area (Å²) < 4.78 is 5.93. The highest BCUT2D eigenvalue weighted by Gasteiger charge is 2.14. The van der Waals surface area contributed by atoms with Crippen LogP contribution in [0.25, 0.3) is 33.5 Å². The molecule has 0 aliphatic carbocycles. The number of carboxylic acids is 1. The molecule has 2 heterocycles. The molecule has 0 saturated carbocycles. The minimum atomic E-state index is -0.932. The maximum atomic E-state index is 11.1. The van der Waals surface area contributed by atoms with Gasteiger partial charge in [0.1, 0.15) is 5.75 Å². The summed E-state index contributed by atoms with van der Waals surface area (Å²) in [6.07, 6.45) is 0. The molecule has 4 rings (SSSR count). The summed E-state index contributed by atoms with van der Waals surface area (Å²) in [7, 11) is 0. The summed E-state index contributed by atoms with van der Waals surface area (Å²) >= 11 is 0. The van der Waals surface area contributed by atoms with Crippen LogP contribution in [-0.2, 0) is 0 Å². The zero-order chi connectivity index (χ0) is 21.3. The first-order valence-corrected chi connectivity index (χ1v) is 10.1. The molecule has 2 aromatic carbocycles. The highest BCUT2D eigenvalue weighted by molar-refractivity contribution is 5.91. The van der Waals surface area contributed by atoms with Crippen LogP contribution in [-0.4, -0.2) is 27.7 Å². The molecule has 0 bridgehead atoms. The quantitative estimate of drug-likeness (QED) is 0.409. The minimum absolute atomic E-state index is 0.268. The summed E-state index contributed by atoms with van der Waals surface area (Å²) in [5, 5.41) is 10.1. The van der Waals surface area contributed by atoms with Crippen LogP contribution in [0.15, 0.2) is 60.7 Å². The average Bonchev–Trinajstić information content (AvgIpc) is 3.23. The number of aromatic carboxylic acids is 1. The standard InChI is InChI=1S/C25H24N2O3/c1-4-30-23-14-22(27-24-18(15(2)3)6-5-7-19(23)24)21-13-12-20(26-21)16-8-10-17(11-9-16)25(28)29/h5-15,26H,4H2,1-3H3,(H,28,29). The number of H-pyrrole nitrogens is 1. The molecule has 4 aromatic rings. The second-order valence-corrected chi connectivity index (χ2v) is 7.50. The fourth-order valence-electron chi connectivity index (χ4n) is 3.62. The van der Waals surface area contributed by atoms with Crippen LogP contribution >= 0.6 is 0 Å². The van der Waals surface area contributed by atoms with Crippen molar-refractivity contribution < 1.29 is 14.6 Å². The maximum Gasteiger partial charge on any atom is 0.335 e. The van der Waals surface area contributed by atoms with Crippen molar-refractivity contribution in [3.63, 3.8) is 0 Å². The van der Waals surface area contributed by atoms with E-state index in [1.165, 1.54) is 5.56 Å². The lowest BCUT2D eigenvalue weighted by Crippen LogP contribution is -1.99. The number of aromatic nitrogens is 2. The summed E-state index contributed by atoms with van der Waals surface area (Å²) in [5.41, 5.74) is 5.92. The molecular weight excluding hydrogens is 376 g/mol. The lowest BCUT2D eigenvalue weighted by atomic mass is 9.99. The van der Waals surface area contributed by atoms with E-state index < -0.39 is 5.97 Å². The van der Waals surface area contributed by atoms with Gasteiger partial charge >= 0.3 is 5.97 Å². The number of carbonyl (C=O) groups is 1. The fourth-order valence-corrected chi connectivity index (χ4v) is 3.62. The van der Waals surface area contributed by atoms with Gasteiger partial charge in [-0.05, 0) is 54.3 Å². The van der Waals surface area contributed by atoms with Crippen molar-refractivity contribution in [2.75, 3.05) is 6.61 Å². The van der Waals surface area contributed by atoms with Crippen LogP contribution in [0.3, 0.4) is 0 Å². The van der Waals surface area contributed by atoms with Crippen molar-refractivity contribution >= 4 is 16.9 Å². The number of ether oxygens (including phenoxy) is 1. The van der Waals surface area contributed by atoms with Crippen molar-refractivity contribution in [1.29, 1.82) is 0 Å². The Morgan fingerprint density at radius 2 is 1.80 bits per heavy atom. The van der Waals surface area contributed by atoms with Gasteiger partial charge in [-0.15, -0.1) is 0 Å². The van der Waals surface area contributed by atoms with Gasteiger partial charge < -0.3 is 14.8 Å².